The molecule has 7 heteroatoms. The van der Waals surface area contributed by atoms with Gasteiger partial charge in [0.15, 0.2) is 0 Å². The maximum Gasteiger partial charge on any atom is 0.341 e. The standard InChI is InChI=1S/C14H9BrN2O4/c1-20-10-2-8(6-16)3-11(5-10)21-13-12(14(18)19)4-9(15)7-17-13/h2-5,7H,1H3,(H,18,19). The molecule has 0 aliphatic heterocycles. The van der Waals surface area contributed by atoms with Gasteiger partial charge in [-0.3, -0.25) is 0 Å². The second-order valence-corrected chi connectivity index (χ2v) is 4.84. The highest BCUT2D eigenvalue weighted by molar-refractivity contribution is 9.10. The van der Waals surface area contributed by atoms with Crippen LogP contribution in [0.2, 0.25) is 0 Å². The number of benzene rings is 1. The number of rotatable bonds is 4. The van der Waals surface area contributed by atoms with Crippen LogP contribution in [0.5, 0.6) is 17.4 Å². The fraction of sp³-hybridized carbons (Fsp3) is 0.0714. The molecular weight excluding hydrogens is 340 g/mol. The lowest BCUT2D eigenvalue weighted by Gasteiger charge is -2.09. The Balaban J connectivity index is 2.43. The third-order valence-corrected chi connectivity index (χ3v) is 2.94. The van der Waals surface area contributed by atoms with E-state index in [2.05, 4.69) is 20.9 Å². The zero-order valence-electron chi connectivity index (χ0n) is 10.8. The van der Waals surface area contributed by atoms with Crippen molar-refractivity contribution in [1.29, 1.82) is 5.26 Å². The Morgan fingerprint density at radius 3 is 2.67 bits per heavy atom. The molecule has 0 spiro atoms. The molecule has 0 atom stereocenters. The van der Waals surface area contributed by atoms with Gasteiger partial charge in [0.05, 0.1) is 18.7 Å². The summed E-state index contributed by atoms with van der Waals surface area (Å²) in [7, 11) is 1.46. The Kier molecular flexibility index (Phi) is 4.40. The Bertz CT molecular complexity index is 740. The van der Waals surface area contributed by atoms with Gasteiger partial charge in [-0.1, -0.05) is 0 Å². The summed E-state index contributed by atoms with van der Waals surface area (Å²) >= 11 is 3.15. The molecule has 1 aromatic carbocycles. The molecule has 21 heavy (non-hydrogen) atoms. The smallest absolute Gasteiger partial charge is 0.341 e. The molecule has 0 radical (unpaired) electrons. The van der Waals surface area contributed by atoms with E-state index in [4.69, 9.17) is 19.8 Å². The van der Waals surface area contributed by atoms with E-state index in [1.807, 2.05) is 6.07 Å². The summed E-state index contributed by atoms with van der Waals surface area (Å²) in [5.74, 6) is -0.536. The number of hydrogen-bond acceptors (Lipinski definition) is 5. The first-order valence-electron chi connectivity index (χ1n) is 5.69. The quantitative estimate of drug-likeness (QED) is 0.911. The van der Waals surface area contributed by atoms with E-state index in [9.17, 15) is 4.79 Å². The molecule has 2 aromatic rings. The topological polar surface area (TPSA) is 92.4 Å². The minimum Gasteiger partial charge on any atom is -0.497 e. The first-order valence-corrected chi connectivity index (χ1v) is 6.48. The summed E-state index contributed by atoms with van der Waals surface area (Å²) in [6.45, 7) is 0. The number of aromatic carboxylic acids is 1. The Labute approximate surface area is 128 Å². The monoisotopic (exact) mass is 348 g/mol. The number of nitriles is 1. The molecule has 0 bridgehead atoms. The number of carboxylic acids is 1. The molecule has 6 nitrogen and oxygen atoms in total. The molecule has 2 rings (SSSR count). The van der Waals surface area contributed by atoms with Crippen LogP contribution in [0.1, 0.15) is 15.9 Å². The predicted octanol–water partition coefficient (Wildman–Crippen LogP) is 3.21. The third-order valence-electron chi connectivity index (χ3n) is 2.51. The van der Waals surface area contributed by atoms with Crippen molar-refractivity contribution >= 4 is 21.9 Å². The highest BCUT2D eigenvalue weighted by atomic mass is 79.9. The van der Waals surface area contributed by atoms with E-state index in [1.165, 1.54) is 31.5 Å². The average Bonchev–Trinajstić information content (AvgIpc) is 2.48. The summed E-state index contributed by atoms with van der Waals surface area (Å²) < 4.78 is 11.0. The molecule has 0 fully saturated rings. The van der Waals surface area contributed by atoms with Crippen LogP contribution in [0.15, 0.2) is 34.9 Å². The Morgan fingerprint density at radius 1 is 1.33 bits per heavy atom. The van der Waals surface area contributed by atoms with Crippen LogP contribution in [-0.2, 0) is 0 Å². The van der Waals surface area contributed by atoms with Crippen molar-refractivity contribution in [3.8, 4) is 23.4 Å². The van der Waals surface area contributed by atoms with Gasteiger partial charge in [-0.15, -0.1) is 0 Å². The van der Waals surface area contributed by atoms with E-state index in [0.717, 1.165) is 0 Å². The zero-order valence-corrected chi connectivity index (χ0v) is 12.4. The molecule has 0 unspecified atom stereocenters. The normalized spacial score (nSPS) is 9.76. The van der Waals surface area contributed by atoms with Gasteiger partial charge >= 0.3 is 5.97 Å². The van der Waals surface area contributed by atoms with E-state index in [-0.39, 0.29) is 17.2 Å². The van der Waals surface area contributed by atoms with Crippen molar-refractivity contribution in [1.82, 2.24) is 4.98 Å². The van der Waals surface area contributed by atoms with Crippen LogP contribution in [0.4, 0.5) is 0 Å². The maximum absolute atomic E-state index is 11.2. The molecule has 1 N–H and O–H groups in total. The first-order chi connectivity index (χ1) is 10.0. The fourth-order valence-corrected chi connectivity index (χ4v) is 1.92. The summed E-state index contributed by atoms with van der Waals surface area (Å²) in [5.41, 5.74) is 0.240. The minimum absolute atomic E-state index is 0.0668. The fourth-order valence-electron chi connectivity index (χ4n) is 1.59. The largest absolute Gasteiger partial charge is 0.497 e. The molecule has 1 heterocycles. The summed E-state index contributed by atoms with van der Waals surface area (Å²) in [6.07, 6.45) is 1.42. The van der Waals surface area contributed by atoms with E-state index in [1.54, 1.807) is 6.07 Å². The van der Waals surface area contributed by atoms with Gasteiger partial charge in [-0.25, -0.2) is 9.78 Å². The Hall–Kier alpha value is -2.59. The van der Waals surface area contributed by atoms with Crippen LogP contribution < -0.4 is 9.47 Å². The van der Waals surface area contributed by atoms with Crippen molar-refractivity contribution in [2.75, 3.05) is 7.11 Å². The lowest BCUT2D eigenvalue weighted by molar-refractivity contribution is 0.0693. The van der Waals surface area contributed by atoms with Crippen molar-refractivity contribution in [2.45, 2.75) is 0 Å². The minimum atomic E-state index is -1.16. The van der Waals surface area contributed by atoms with E-state index < -0.39 is 5.97 Å². The average molecular weight is 349 g/mol. The second-order valence-electron chi connectivity index (χ2n) is 3.92. The van der Waals surface area contributed by atoms with Crippen LogP contribution in [0.25, 0.3) is 0 Å². The van der Waals surface area contributed by atoms with Gasteiger partial charge in [0, 0.05) is 16.7 Å². The zero-order chi connectivity index (χ0) is 15.4. The number of aromatic nitrogens is 1. The molecule has 0 saturated heterocycles. The SMILES string of the molecule is COc1cc(C#N)cc(Oc2ncc(Br)cc2C(=O)O)c1. The number of pyridine rings is 1. The van der Waals surface area contributed by atoms with Crippen LogP contribution in [-0.4, -0.2) is 23.2 Å². The van der Waals surface area contributed by atoms with Crippen LogP contribution in [0, 0.1) is 11.3 Å². The first kappa shape index (κ1) is 14.8. The van der Waals surface area contributed by atoms with Gasteiger partial charge in [0.1, 0.15) is 17.1 Å². The molecule has 0 amide bonds. The number of nitrogens with zero attached hydrogens (tertiary/aromatic N) is 2. The highest BCUT2D eigenvalue weighted by Crippen LogP contribution is 2.29. The molecule has 0 saturated carbocycles. The van der Waals surface area contributed by atoms with Gasteiger partial charge in [0.25, 0.3) is 0 Å². The van der Waals surface area contributed by atoms with Crippen molar-refractivity contribution in [3.63, 3.8) is 0 Å². The molecule has 1 aromatic heterocycles. The summed E-state index contributed by atoms with van der Waals surface area (Å²) in [6, 6.07) is 7.90. The van der Waals surface area contributed by atoms with Gasteiger partial charge in [-0.05, 0) is 34.1 Å². The molecular formula is C14H9BrN2O4. The second kappa shape index (κ2) is 6.24. The highest BCUT2D eigenvalue weighted by Gasteiger charge is 2.15. The predicted molar refractivity (Wildman–Crippen MR) is 76.7 cm³/mol. The van der Waals surface area contributed by atoms with Crippen molar-refractivity contribution < 1.29 is 19.4 Å². The number of ether oxygens (including phenoxy) is 2. The van der Waals surface area contributed by atoms with Crippen molar-refractivity contribution in [3.05, 3.63) is 46.1 Å². The van der Waals surface area contributed by atoms with Crippen LogP contribution in [0.3, 0.4) is 0 Å². The summed E-state index contributed by atoms with van der Waals surface area (Å²) in [4.78, 5) is 15.1. The van der Waals surface area contributed by atoms with Gasteiger partial charge in [-0.2, -0.15) is 5.26 Å². The number of carboxylic acid groups (broad SMARTS) is 1. The van der Waals surface area contributed by atoms with Gasteiger partial charge in [0.2, 0.25) is 5.88 Å². The van der Waals surface area contributed by atoms with E-state index in [0.29, 0.717) is 15.8 Å². The number of halogens is 1. The van der Waals surface area contributed by atoms with Crippen LogP contribution >= 0.6 is 15.9 Å². The van der Waals surface area contributed by atoms with Gasteiger partial charge < -0.3 is 14.6 Å². The Morgan fingerprint density at radius 2 is 2.05 bits per heavy atom. The molecule has 0 aliphatic carbocycles. The lowest BCUT2D eigenvalue weighted by atomic mass is 10.2. The summed E-state index contributed by atoms with van der Waals surface area (Å²) in [5, 5.41) is 18.1. The third kappa shape index (κ3) is 3.49. The number of hydrogen-bond donors (Lipinski definition) is 1. The lowest BCUT2D eigenvalue weighted by Crippen LogP contribution is -2.02. The number of carbonyl (C=O) groups is 1. The molecule has 106 valence electrons. The maximum atomic E-state index is 11.2. The molecule has 0 aliphatic rings. The van der Waals surface area contributed by atoms with Crippen molar-refractivity contribution in [2.24, 2.45) is 0 Å². The number of methoxy groups -OCH3 is 1. The van der Waals surface area contributed by atoms with E-state index >= 15 is 0 Å².